The number of hydrogen-bond donors (Lipinski definition) is 2. The number of hydrogen-bond acceptors (Lipinski definition) is 10. The Morgan fingerprint density at radius 3 is 2.63 bits per heavy atom. The maximum Gasteiger partial charge on any atom is 0.257 e. The van der Waals surface area contributed by atoms with Gasteiger partial charge in [0, 0.05) is 32.0 Å². The number of nitrogens with two attached hydrogens (primary N) is 1. The van der Waals surface area contributed by atoms with Crippen LogP contribution in [-0.2, 0) is 4.74 Å². The first-order valence-corrected chi connectivity index (χ1v) is 11.9. The number of morpholine rings is 1. The molecule has 0 aliphatic carbocycles. The van der Waals surface area contributed by atoms with Crippen LogP contribution in [-0.4, -0.2) is 105 Å². The van der Waals surface area contributed by atoms with Crippen LogP contribution in [0, 0.1) is 0 Å². The molecule has 0 unspecified atom stereocenters. The number of anilines is 1. The van der Waals surface area contributed by atoms with Crippen molar-refractivity contribution < 1.29 is 32.6 Å². The number of nitrogen functional groups attached to an aromatic ring is 1. The maximum atomic E-state index is 13.3. The fraction of sp³-hybridized carbons (Fsp3) is 0.458. The molecule has 2 heterocycles. The van der Waals surface area contributed by atoms with Gasteiger partial charge < -0.3 is 30.2 Å². The van der Waals surface area contributed by atoms with E-state index in [0.717, 1.165) is 31.0 Å². The second-order valence-corrected chi connectivity index (χ2v) is 8.22. The van der Waals surface area contributed by atoms with Crippen molar-refractivity contribution in [3.8, 4) is 11.5 Å². The molecule has 3 rings (SSSR count). The standard InChI is InChI=1S/C24H31F2N7O5/c1-28-20-17(4-5-18(21(20)36-2)38-9-3-6-32-7-10-37-11-8-32)23(35)33(14-19(25)26)15-31-22(34)16-12-29-24(27)30-13-16/h4-5,12-13,19H,1,3,6-11,14-15H2,2H3,(H,31,34)(H2,27,29,30). The maximum absolute atomic E-state index is 13.3. The van der Waals surface area contributed by atoms with Gasteiger partial charge in [0.1, 0.15) is 5.69 Å². The van der Waals surface area contributed by atoms with Gasteiger partial charge in [0.25, 0.3) is 18.2 Å². The van der Waals surface area contributed by atoms with Crippen LogP contribution in [0.15, 0.2) is 29.5 Å². The monoisotopic (exact) mass is 535 g/mol. The second kappa shape index (κ2) is 14.1. The zero-order valence-electron chi connectivity index (χ0n) is 21.1. The molecule has 38 heavy (non-hydrogen) atoms. The van der Waals surface area contributed by atoms with Crippen molar-refractivity contribution in [3.63, 3.8) is 0 Å². The fourth-order valence-electron chi connectivity index (χ4n) is 3.77. The molecular formula is C24H31F2N7O5. The smallest absolute Gasteiger partial charge is 0.257 e. The third kappa shape index (κ3) is 7.79. The summed E-state index contributed by atoms with van der Waals surface area (Å²) >= 11 is 0. The molecule has 1 aromatic carbocycles. The van der Waals surface area contributed by atoms with Crippen LogP contribution in [0.25, 0.3) is 0 Å². The number of rotatable bonds is 13. The highest BCUT2D eigenvalue weighted by Gasteiger charge is 2.26. The average molecular weight is 536 g/mol. The van der Waals surface area contributed by atoms with Crippen LogP contribution in [0.2, 0.25) is 0 Å². The van der Waals surface area contributed by atoms with Crippen molar-refractivity contribution in [3.05, 3.63) is 35.7 Å². The molecule has 14 heteroatoms. The molecule has 0 atom stereocenters. The molecular weight excluding hydrogens is 504 g/mol. The normalized spacial score (nSPS) is 13.7. The molecule has 12 nitrogen and oxygen atoms in total. The summed E-state index contributed by atoms with van der Waals surface area (Å²) in [5.41, 5.74) is 5.46. The molecule has 1 saturated heterocycles. The third-order valence-electron chi connectivity index (χ3n) is 5.68. The molecule has 1 aliphatic heterocycles. The zero-order chi connectivity index (χ0) is 27.5. The van der Waals surface area contributed by atoms with E-state index < -0.39 is 31.5 Å². The number of aliphatic imine (C=N–C) groups is 1. The van der Waals surface area contributed by atoms with Crippen molar-refractivity contribution >= 4 is 30.2 Å². The van der Waals surface area contributed by atoms with Crippen molar-refractivity contribution in [2.24, 2.45) is 4.99 Å². The SMILES string of the molecule is C=Nc1c(C(=O)N(CNC(=O)c2cnc(N)nc2)CC(F)F)ccc(OCCCN2CCOCC2)c1OC. The van der Waals surface area contributed by atoms with Crippen LogP contribution in [0.4, 0.5) is 20.4 Å². The van der Waals surface area contributed by atoms with Gasteiger partial charge in [-0.1, -0.05) is 0 Å². The quantitative estimate of drug-likeness (QED) is 0.222. The van der Waals surface area contributed by atoms with E-state index in [0.29, 0.717) is 25.6 Å². The number of amides is 2. The first-order chi connectivity index (χ1) is 18.3. The highest BCUT2D eigenvalue weighted by atomic mass is 19.3. The Bertz CT molecular complexity index is 1100. The van der Waals surface area contributed by atoms with Gasteiger partial charge in [-0.05, 0) is 25.3 Å². The van der Waals surface area contributed by atoms with E-state index in [9.17, 15) is 18.4 Å². The molecule has 2 aromatic rings. The molecule has 0 radical (unpaired) electrons. The Labute approximate surface area is 218 Å². The van der Waals surface area contributed by atoms with Crippen LogP contribution >= 0.6 is 0 Å². The van der Waals surface area contributed by atoms with Crippen LogP contribution in [0.1, 0.15) is 27.1 Å². The number of alkyl halides is 2. The summed E-state index contributed by atoms with van der Waals surface area (Å²) < 4.78 is 43.3. The van der Waals surface area contributed by atoms with Gasteiger partial charge in [0.05, 0.1) is 51.3 Å². The third-order valence-corrected chi connectivity index (χ3v) is 5.68. The minimum Gasteiger partial charge on any atom is -0.491 e. The Hall–Kier alpha value is -3.91. The molecule has 0 bridgehead atoms. The Morgan fingerprint density at radius 1 is 1.29 bits per heavy atom. The number of aromatic nitrogens is 2. The van der Waals surface area contributed by atoms with Crippen molar-refractivity contribution in [1.82, 2.24) is 25.1 Å². The molecule has 0 saturated carbocycles. The fourth-order valence-corrected chi connectivity index (χ4v) is 3.77. The average Bonchev–Trinajstić information content (AvgIpc) is 2.93. The van der Waals surface area contributed by atoms with Gasteiger partial charge in [-0.2, -0.15) is 0 Å². The summed E-state index contributed by atoms with van der Waals surface area (Å²) in [6, 6.07) is 2.92. The van der Waals surface area contributed by atoms with E-state index in [2.05, 4.69) is 31.9 Å². The predicted octanol–water partition coefficient (Wildman–Crippen LogP) is 1.60. The van der Waals surface area contributed by atoms with Crippen LogP contribution in [0.3, 0.4) is 0 Å². The minimum atomic E-state index is -2.85. The van der Waals surface area contributed by atoms with Crippen LogP contribution < -0.4 is 20.5 Å². The first kappa shape index (κ1) is 28.7. The lowest BCUT2D eigenvalue weighted by Gasteiger charge is -2.26. The number of halogens is 2. The summed E-state index contributed by atoms with van der Waals surface area (Å²) in [6.45, 7) is 6.44. The number of nitrogens with one attached hydrogen (secondary N) is 1. The lowest BCUT2D eigenvalue weighted by atomic mass is 10.1. The summed E-state index contributed by atoms with van der Waals surface area (Å²) in [7, 11) is 1.38. The molecule has 2 amide bonds. The summed E-state index contributed by atoms with van der Waals surface area (Å²) in [5, 5.41) is 2.41. The lowest BCUT2D eigenvalue weighted by molar-refractivity contribution is 0.0357. The first-order valence-electron chi connectivity index (χ1n) is 11.9. The molecule has 1 fully saturated rings. The summed E-state index contributed by atoms with van der Waals surface area (Å²) in [5.74, 6) is -1.02. The van der Waals surface area contributed by atoms with Crippen LogP contribution in [0.5, 0.6) is 11.5 Å². The lowest BCUT2D eigenvalue weighted by Crippen LogP contribution is -2.43. The number of carbonyl (C=O) groups excluding carboxylic acids is 2. The Balaban J connectivity index is 1.70. The number of carbonyl (C=O) groups is 2. The van der Waals surface area contributed by atoms with E-state index in [1.165, 1.54) is 31.6 Å². The highest BCUT2D eigenvalue weighted by Crippen LogP contribution is 2.40. The Morgan fingerprint density at radius 2 is 2.00 bits per heavy atom. The summed E-state index contributed by atoms with van der Waals surface area (Å²) in [6.07, 6.45) is 0.260. The number of benzene rings is 1. The molecule has 1 aromatic heterocycles. The topological polar surface area (TPSA) is 144 Å². The van der Waals surface area contributed by atoms with Gasteiger partial charge in [0.15, 0.2) is 11.5 Å². The van der Waals surface area contributed by atoms with Gasteiger partial charge in [0.2, 0.25) is 5.95 Å². The number of ether oxygens (including phenoxy) is 3. The van der Waals surface area contributed by atoms with Gasteiger partial charge >= 0.3 is 0 Å². The summed E-state index contributed by atoms with van der Waals surface area (Å²) in [4.78, 5) is 40.0. The van der Waals surface area contributed by atoms with Gasteiger partial charge in [-0.25, -0.2) is 18.7 Å². The zero-order valence-corrected chi connectivity index (χ0v) is 21.1. The van der Waals surface area contributed by atoms with Gasteiger partial charge in [-0.15, -0.1) is 0 Å². The number of methoxy groups -OCH3 is 1. The number of nitrogens with zero attached hydrogens (tertiary/aromatic N) is 5. The Kier molecular flexibility index (Phi) is 10.7. The van der Waals surface area contributed by atoms with E-state index in [4.69, 9.17) is 19.9 Å². The van der Waals surface area contributed by atoms with E-state index in [-0.39, 0.29) is 28.5 Å². The molecule has 3 N–H and O–H groups in total. The second-order valence-electron chi connectivity index (χ2n) is 8.22. The van der Waals surface area contributed by atoms with E-state index >= 15 is 0 Å². The predicted molar refractivity (Wildman–Crippen MR) is 135 cm³/mol. The minimum absolute atomic E-state index is 0.0287. The largest absolute Gasteiger partial charge is 0.491 e. The molecule has 0 spiro atoms. The van der Waals surface area contributed by atoms with Gasteiger partial charge in [-0.3, -0.25) is 19.5 Å². The molecule has 1 aliphatic rings. The molecule has 206 valence electrons. The van der Waals surface area contributed by atoms with Crippen molar-refractivity contribution in [1.29, 1.82) is 0 Å². The highest BCUT2D eigenvalue weighted by molar-refractivity contribution is 6.01. The van der Waals surface area contributed by atoms with Crippen molar-refractivity contribution in [2.75, 3.05) is 65.5 Å². The van der Waals surface area contributed by atoms with Crippen molar-refractivity contribution in [2.45, 2.75) is 12.8 Å². The van der Waals surface area contributed by atoms with E-state index in [1.54, 1.807) is 0 Å². The van der Waals surface area contributed by atoms with E-state index in [1.807, 2.05) is 0 Å².